The molecular formula is C19H17Cl2N3O. The first kappa shape index (κ1) is 17.5. The minimum Gasteiger partial charge on any atom is -0.305 e. The summed E-state index contributed by atoms with van der Waals surface area (Å²) in [6.07, 6.45) is 0. The molecule has 0 aliphatic heterocycles. The Bertz CT molecular complexity index is 934. The van der Waals surface area contributed by atoms with Crippen molar-refractivity contribution >= 4 is 34.9 Å². The Kier molecular flexibility index (Phi) is 5.11. The van der Waals surface area contributed by atoms with Gasteiger partial charge < -0.3 is 5.32 Å². The number of rotatable bonds is 4. The third-order valence-electron chi connectivity index (χ3n) is 3.95. The van der Waals surface area contributed by atoms with Gasteiger partial charge in [-0.3, -0.25) is 9.48 Å². The Labute approximate surface area is 156 Å². The molecule has 0 unspecified atom stereocenters. The summed E-state index contributed by atoms with van der Waals surface area (Å²) in [4.78, 5) is 12.4. The number of anilines is 1. The van der Waals surface area contributed by atoms with Gasteiger partial charge in [0.05, 0.1) is 6.54 Å². The third-order valence-corrected chi connectivity index (χ3v) is 4.53. The molecule has 1 aromatic heterocycles. The lowest BCUT2D eigenvalue weighted by atomic mass is 10.1. The van der Waals surface area contributed by atoms with Crippen molar-refractivity contribution in [2.75, 3.05) is 5.32 Å². The van der Waals surface area contributed by atoms with Gasteiger partial charge in [-0.1, -0.05) is 47.5 Å². The molecule has 0 bridgehead atoms. The summed E-state index contributed by atoms with van der Waals surface area (Å²) in [6.45, 7) is 4.34. The van der Waals surface area contributed by atoms with Gasteiger partial charge in [0, 0.05) is 27.4 Å². The van der Waals surface area contributed by atoms with E-state index < -0.39 is 0 Å². The van der Waals surface area contributed by atoms with E-state index >= 15 is 0 Å². The molecule has 1 N–H and O–H groups in total. The lowest BCUT2D eigenvalue weighted by Crippen LogP contribution is -2.14. The number of hydrogen-bond acceptors (Lipinski definition) is 2. The molecule has 4 nitrogen and oxygen atoms in total. The number of aromatic nitrogens is 2. The van der Waals surface area contributed by atoms with Crippen molar-refractivity contribution in [1.82, 2.24) is 9.78 Å². The quantitative estimate of drug-likeness (QED) is 0.690. The molecule has 0 spiro atoms. The Hall–Kier alpha value is -2.30. The van der Waals surface area contributed by atoms with E-state index in [-0.39, 0.29) is 5.91 Å². The summed E-state index contributed by atoms with van der Waals surface area (Å²) >= 11 is 12.2. The highest BCUT2D eigenvalue weighted by Crippen LogP contribution is 2.22. The standard InChI is InChI=1S/C19H17Cl2N3O/c1-12-5-3-4-6-16(12)19(25)22-18-9-13(2)24(23-18)11-14-7-8-15(20)10-17(14)21/h3-10H,11H2,1-2H3,(H,22,23,25). The highest BCUT2D eigenvalue weighted by molar-refractivity contribution is 6.35. The fourth-order valence-electron chi connectivity index (χ4n) is 2.55. The molecule has 3 rings (SSSR count). The molecule has 25 heavy (non-hydrogen) atoms. The van der Waals surface area contributed by atoms with Crippen LogP contribution < -0.4 is 5.32 Å². The number of carbonyl (C=O) groups excluding carboxylic acids is 1. The predicted octanol–water partition coefficient (Wildman–Crippen LogP) is 5.11. The molecule has 0 radical (unpaired) electrons. The number of carbonyl (C=O) groups is 1. The highest BCUT2D eigenvalue weighted by Gasteiger charge is 2.12. The van der Waals surface area contributed by atoms with Crippen molar-refractivity contribution in [3.63, 3.8) is 0 Å². The predicted molar refractivity (Wildman–Crippen MR) is 102 cm³/mol. The average molecular weight is 374 g/mol. The number of nitrogens with zero attached hydrogens (tertiary/aromatic N) is 2. The van der Waals surface area contributed by atoms with E-state index in [0.29, 0.717) is 28.0 Å². The minimum atomic E-state index is -0.174. The summed E-state index contributed by atoms with van der Waals surface area (Å²) < 4.78 is 1.79. The highest BCUT2D eigenvalue weighted by atomic mass is 35.5. The molecule has 0 saturated carbocycles. The number of amides is 1. The monoisotopic (exact) mass is 373 g/mol. The number of benzene rings is 2. The largest absolute Gasteiger partial charge is 0.305 e. The van der Waals surface area contributed by atoms with Crippen molar-refractivity contribution in [2.45, 2.75) is 20.4 Å². The molecule has 128 valence electrons. The molecule has 0 aliphatic carbocycles. The molecule has 0 fully saturated rings. The lowest BCUT2D eigenvalue weighted by Gasteiger charge is -2.07. The number of nitrogens with one attached hydrogen (secondary N) is 1. The molecule has 6 heteroatoms. The zero-order chi connectivity index (χ0) is 18.0. The lowest BCUT2D eigenvalue weighted by molar-refractivity contribution is 0.102. The molecule has 0 atom stereocenters. The molecule has 1 amide bonds. The second kappa shape index (κ2) is 7.30. The SMILES string of the molecule is Cc1ccccc1C(=O)Nc1cc(C)n(Cc2ccc(Cl)cc2Cl)n1. The van der Waals surface area contributed by atoms with Crippen LogP contribution in [0.1, 0.15) is 27.2 Å². The van der Waals surface area contributed by atoms with Gasteiger partial charge >= 0.3 is 0 Å². The van der Waals surface area contributed by atoms with Gasteiger partial charge in [-0.2, -0.15) is 5.10 Å². The molecule has 3 aromatic rings. The first-order valence-electron chi connectivity index (χ1n) is 7.79. The summed E-state index contributed by atoms with van der Waals surface area (Å²) in [6, 6.07) is 14.6. The van der Waals surface area contributed by atoms with Crippen molar-refractivity contribution in [3.05, 3.63) is 81.0 Å². The summed E-state index contributed by atoms with van der Waals surface area (Å²) in [5, 5.41) is 8.49. The van der Waals surface area contributed by atoms with Crippen LogP contribution in [0.2, 0.25) is 10.0 Å². The molecule has 0 saturated heterocycles. The van der Waals surface area contributed by atoms with Crippen LogP contribution in [-0.4, -0.2) is 15.7 Å². The molecule has 0 aliphatic rings. The maximum absolute atomic E-state index is 12.4. The second-order valence-corrected chi connectivity index (χ2v) is 6.68. The fourth-order valence-corrected chi connectivity index (χ4v) is 3.02. The van der Waals surface area contributed by atoms with Crippen molar-refractivity contribution < 1.29 is 4.79 Å². The number of halogens is 2. The van der Waals surface area contributed by atoms with Crippen molar-refractivity contribution in [2.24, 2.45) is 0 Å². The van der Waals surface area contributed by atoms with Gasteiger partial charge in [0.25, 0.3) is 5.91 Å². The Morgan fingerprint density at radius 3 is 2.60 bits per heavy atom. The second-order valence-electron chi connectivity index (χ2n) is 5.83. The van der Waals surface area contributed by atoms with Gasteiger partial charge in [-0.05, 0) is 43.2 Å². The van der Waals surface area contributed by atoms with E-state index in [1.54, 1.807) is 22.9 Å². The smallest absolute Gasteiger partial charge is 0.257 e. The van der Waals surface area contributed by atoms with E-state index in [1.807, 2.05) is 44.2 Å². The molecular weight excluding hydrogens is 357 g/mol. The third kappa shape index (κ3) is 4.03. The first-order chi connectivity index (χ1) is 11.9. The van der Waals surface area contributed by atoms with Gasteiger partial charge in [-0.25, -0.2) is 0 Å². The molecule has 1 heterocycles. The van der Waals surface area contributed by atoms with Crippen LogP contribution in [0.4, 0.5) is 5.82 Å². The minimum absolute atomic E-state index is 0.174. The normalized spacial score (nSPS) is 10.7. The maximum atomic E-state index is 12.4. The van der Waals surface area contributed by atoms with Crippen LogP contribution in [0.5, 0.6) is 0 Å². The van der Waals surface area contributed by atoms with Gasteiger partial charge in [-0.15, -0.1) is 0 Å². The fraction of sp³-hybridized carbons (Fsp3) is 0.158. The van der Waals surface area contributed by atoms with Crippen molar-refractivity contribution in [3.8, 4) is 0 Å². The summed E-state index contributed by atoms with van der Waals surface area (Å²) in [5.74, 6) is 0.336. The first-order valence-corrected chi connectivity index (χ1v) is 8.55. The zero-order valence-electron chi connectivity index (χ0n) is 13.9. The topological polar surface area (TPSA) is 46.9 Å². The van der Waals surface area contributed by atoms with Gasteiger partial charge in [0.2, 0.25) is 0 Å². The average Bonchev–Trinajstić information content (AvgIpc) is 2.90. The van der Waals surface area contributed by atoms with Crippen LogP contribution in [-0.2, 0) is 6.54 Å². The summed E-state index contributed by atoms with van der Waals surface area (Å²) in [7, 11) is 0. The van der Waals surface area contributed by atoms with Crippen LogP contribution >= 0.6 is 23.2 Å². The summed E-state index contributed by atoms with van der Waals surface area (Å²) in [5.41, 5.74) is 3.39. The Balaban J connectivity index is 1.78. The van der Waals surface area contributed by atoms with Crippen LogP contribution in [0, 0.1) is 13.8 Å². The van der Waals surface area contributed by atoms with E-state index in [1.165, 1.54) is 0 Å². The van der Waals surface area contributed by atoms with Crippen LogP contribution in [0.3, 0.4) is 0 Å². The van der Waals surface area contributed by atoms with Gasteiger partial charge in [0.1, 0.15) is 0 Å². The van der Waals surface area contributed by atoms with Crippen molar-refractivity contribution in [1.29, 1.82) is 0 Å². The molecule has 2 aromatic carbocycles. The van der Waals surface area contributed by atoms with Crippen LogP contribution in [0.15, 0.2) is 48.5 Å². The van der Waals surface area contributed by atoms with E-state index in [4.69, 9.17) is 23.2 Å². The van der Waals surface area contributed by atoms with E-state index in [0.717, 1.165) is 16.8 Å². The number of hydrogen-bond donors (Lipinski definition) is 1. The van der Waals surface area contributed by atoms with E-state index in [9.17, 15) is 4.79 Å². The van der Waals surface area contributed by atoms with Gasteiger partial charge in [0.15, 0.2) is 5.82 Å². The maximum Gasteiger partial charge on any atom is 0.257 e. The number of aryl methyl sites for hydroxylation is 2. The zero-order valence-corrected chi connectivity index (χ0v) is 15.4. The van der Waals surface area contributed by atoms with E-state index in [2.05, 4.69) is 10.4 Å². The Morgan fingerprint density at radius 1 is 1.12 bits per heavy atom. The Morgan fingerprint density at radius 2 is 1.88 bits per heavy atom. The van der Waals surface area contributed by atoms with Crippen LogP contribution in [0.25, 0.3) is 0 Å².